The van der Waals surface area contributed by atoms with Crippen molar-refractivity contribution in [2.45, 2.75) is 19.8 Å². The number of anilines is 1. The van der Waals surface area contributed by atoms with Gasteiger partial charge in [0.25, 0.3) is 11.8 Å². The Morgan fingerprint density at radius 2 is 1.61 bits per heavy atom. The van der Waals surface area contributed by atoms with Crippen LogP contribution in [0.2, 0.25) is 0 Å². The van der Waals surface area contributed by atoms with Crippen molar-refractivity contribution in [1.82, 2.24) is 20.2 Å². The first-order valence-corrected chi connectivity index (χ1v) is 12.2. The van der Waals surface area contributed by atoms with Crippen molar-refractivity contribution >= 4 is 41.3 Å². The van der Waals surface area contributed by atoms with Gasteiger partial charge >= 0.3 is 12.0 Å². The molecule has 2 aromatic carbocycles. The van der Waals surface area contributed by atoms with E-state index in [9.17, 15) is 28.8 Å². The predicted octanol–water partition coefficient (Wildman–Crippen LogP) is 1.65. The second-order valence-corrected chi connectivity index (χ2v) is 8.57. The van der Waals surface area contributed by atoms with Crippen molar-refractivity contribution in [3.8, 4) is 0 Å². The van der Waals surface area contributed by atoms with Crippen LogP contribution in [-0.2, 0) is 14.3 Å². The fourth-order valence-electron chi connectivity index (χ4n) is 4.23. The van der Waals surface area contributed by atoms with Crippen molar-refractivity contribution < 1.29 is 33.5 Å². The minimum atomic E-state index is -0.579. The van der Waals surface area contributed by atoms with Gasteiger partial charge in [-0.15, -0.1) is 0 Å². The number of carbonyl (C=O) groups is 6. The summed E-state index contributed by atoms with van der Waals surface area (Å²) in [6, 6.07) is 12.1. The van der Waals surface area contributed by atoms with E-state index >= 15 is 0 Å². The summed E-state index contributed by atoms with van der Waals surface area (Å²) < 4.78 is 4.97. The number of nitrogens with one attached hydrogen (secondary N) is 2. The summed E-state index contributed by atoms with van der Waals surface area (Å²) in [6.07, 6.45) is 0.490. The van der Waals surface area contributed by atoms with Crippen LogP contribution in [-0.4, -0.2) is 83.3 Å². The molecule has 2 aliphatic rings. The lowest BCUT2D eigenvalue weighted by atomic mass is 10.1. The Bertz CT molecular complexity index is 1260. The normalized spacial score (nSPS) is 14.4. The van der Waals surface area contributed by atoms with Crippen molar-refractivity contribution in [2.75, 3.05) is 38.1 Å². The first-order valence-electron chi connectivity index (χ1n) is 12.2. The van der Waals surface area contributed by atoms with Crippen molar-refractivity contribution in [3.05, 3.63) is 65.2 Å². The number of hydrazine groups is 1. The highest BCUT2D eigenvalue weighted by atomic mass is 16.5. The minimum Gasteiger partial charge on any atom is -0.462 e. The fourth-order valence-corrected chi connectivity index (χ4v) is 4.23. The Hall–Kier alpha value is -4.74. The van der Waals surface area contributed by atoms with Gasteiger partial charge in [-0.05, 0) is 43.7 Å². The molecule has 2 aromatic rings. The van der Waals surface area contributed by atoms with Crippen LogP contribution in [0, 0.1) is 0 Å². The van der Waals surface area contributed by atoms with Crippen molar-refractivity contribution in [3.63, 3.8) is 0 Å². The van der Waals surface area contributed by atoms with E-state index in [1.54, 1.807) is 37.3 Å². The monoisotopic (exact) mass is 521 g/mol. The molecular formula is C26H27N5O7. The Balaban J connectivity index is 1.26. The summed E-state index contributed by atoms with van der Waals surface area (Å²) in [6.45, 7) is 2.09. The van der Waals surface area contributed by atoms with Crippen LogP contribution in [0.1, 0.15) is 50.8 Å². The van der Waals surface area contributed by atoms with E-state index in [0.717, 1.165) is 4.90 Å². The minimum absolute atomic E-state index is 0.0334. The molecule has 0 spiro atoms. The number of hydrogen-bond acceptors (Lipinski definition) is 7. The maximum atomic E-state index is 12.8. The third kappa shape index (κ3) is 5.64. The smallest absolute Gasteiger partial charge is 0.340 e. The number of fused-ring (bicyclic) bond motifs is 1. The number of rotatable bonds is 8. The molecule has 0 aliphatic carbocycles. The Labute approximate surface area is 218 Å². The SMILES string of the molecule is CCOC(=O)c1cccc(NC(=O)N2CCCN2C(=O)CCNC(=O)CN2C(=O)c3ccccc3C2=O)c1. The maximum absolute atomic E-state index is 12.8. The highest BCUT2D eigenvalue weighted by Crippen LogP contribution is 2.22. The van der Waals surface area contributed by atoms with E-state index in [2.05, 4.69) is 10.6 Å². The number of amides is 6. The molecule has 2 aliphatic heterocycles. The van der Waals surface area contributed by atoms with Crippen LogP contribution in [0.5, 0.6) is 0 Å². The van der Waals surface area contributed by atoms with Crippen LogP contribution in [0.3, 0.4) is 0 Å². The van der Waals surface area contributed by atoms with Gasteiger partial charge in [-0.2, -0.15) is 0 Å². The fraction of sp³-hybridized carbons (Fsp3) is 0.308. The first kappa shape index (κ1) is 26.3. The van der Waals surface area contributed by atoms with Gasteiger partial charge in [-0.25, -0.2) is 19.6 Å². The zero-order valence-electron chi connectivity index (χ0n) is 20.8. The number of benzene rings is 2. The third-order valence-electron chi connectivity index (χ3n) is 6.02. The molecule has 38 heavy (non-hydrogen) atoms. The quantitative estimate of drug-likeness (QED) is 0.397. The van der Waals surface area contributed by atoms with E-state index in [4.69, 9.17) is 4.74 Å². The van der Waals surface area contributed by atoms with E-state index in [0.29, 0.717) is 25.2 Å². The van der Waals surface area contributed by atoms with Crippen molar-refractivity contribution in [1.29, 1.82) is 0 Å². The standard InChI is InChI=1S/C26H27N5O7/c1-2-38-25(36)17-7-5-8-18(15-17)28-26(37)31-14-6-13-30(31)22(33)11-12-27-21(32)16-29-23(34)19-9-3-4-10-20(19)24(29)35/h3-5,7-10,15H,2,6,11-14,16H2,1H3,(H,27,32)(H,28,37). The molecule has 2 heterocycles. The van der Waals surface area contributed by atoms with Gasteiger partial charge in [-0.3, -0.25) is 24.1 Å². The Morgan fingerprint density at radius 3 is 2.29 bits per heavy atom. The predicted molar refractivity (Wildman–Crippen MR) is 134 cm³/mol. The van der Waals surface area contributed by atoms with Crippen LogP contribution >= 0.6 is 0 Å². The zero-order chi connectivity index (χ0) is 27.2. The molecule has 2 N–H and O–H groups in total. The highest BCUT2D eigenvalue weighted by Gasteiger charge is 2.36. The lowest BCUT2D eigenvalue weighted by molar-refractivity contribution is -0.139. The molecule has 0 saturated carbocycles. The average Bonchev–Trinajstić information content (AvgIpc) is 3.49. The average molecular weight is 522 g/mol. The van der Waals surface area contributed by atoms with Gasteiger partial charge in [0.1, 0.15) is 6.54 Å². The molecule has 1 fully saturated rings. The Kier molecular flexibility index (Phi) is 8.00. The number of carbonyl (C=O) groups excluding carboxylic acids is 6. The van der Waals surface area contributed by atoms with Crippen LogP contribution in [0.25, 0.3) is 0 Å². The number of hydrogen-bond donors (Lipinski definition) is 2. The molecule has 12 nitrogen and oxygen atoms in total. The summed E-state index contributed by atoms with van der Waals surface area (Å²) in [5.41, 5.74) is 1.16. The van der Waals surface area contributed by atoms with E-state index in [1.807, 2.05) is 0 Å². The molecule has 4 rings (SSSR count). The van der Waals surface area contributed by atoms with E-state index < -0.39 is 36.3 Å². The van der Waals surface area contributed by atoms with Gasteiger partial charge in [0, 0.05) is 31.7 Å². The molecule has 198 valence electrons. The second-order valence-electron chi connectivity index (χ2n) is 8.57. The Morgan fingerprint density at radius 1 is 0.921 bits per heavy atom. The molecule has 0 bridgehead atoms. The number of esters is 1. The maximum Gasteiger partial charge on any atom is 0.340 e. The number of urea groups is 1. The number of ether oxygens (including phenoxy) is 1. The lowest BCUT2D eigenvalue weighted by Gasteiger charge is -2.28. The summed E-state index contributed by atoms with van der Waals surface area (Å²) in [4.78, 5) is 75.6. The van der Waals surface area contributed by atoms with Crippen LogP contribution in [0.15, 0.2) is 48.5 Å². The van der Waals surface area contributed by atoms with Gasteiger partial charge in [0.15, 0.2) is 0 Å². The summed E-state index contributed by atoms with van der Waals surface area (Å²) in [5.74, 6) is -2.54. The summed E-state index contributed by atoms with van der Waals surface area (Å²) >= 11 is 0. The second kappa shape index (κ2) is 11.5. The molecule has 0 radical (unpaired) electrons. The topological polar surface area (TPSA) is 145 Å². The van der Waals surface area contributed by atoms with Crippen LogP contribution < -0.4 is 10.6 Å². The summed E-state index contributed by atoms with van der Waals surface area (Å²) in [5, 5.41) is 7.81. The van der Waals surface area contributed by atoms with Gasteiger partial charge in [0.05, 0.1) is 23.3 Å². The van der Waals surface area contributed by atoms with Gasteiger partial charge in [0.2, 0.25) is 11.8 Å². The molecule has 0 atom stereocenters. The molecule has 1 saturated heterocycles. The molecule has 0 aromatic heterocycles. The van der Waals surface area contributed by atoms with E-state index in [-0.39, 0.29) is 42.2 Å². The molecule has 6 amide bonds. The summed E-state index contributed by atoms with van der Waals surface area (Å²) in [7, 11) is 0. The van der Waals surface area contributed by atoms with Crippen molar-refractivity contribution in [2.24, 2.45) is 0 Å². The number of nitrogens with zero attached hydrogens (tertiary/aromatic N) is 3. The lowest BCUT2D eigenvalue weighted by Crippen LogP contribution is -2.47. The number of imide groups is 1. The largest absolute Gasteiger partial charge is 0.462 e. The molecule has 0 unspecified atom stereocenters. The van der Waals surface area contributed by atoms with E-state index in [1.165, 1.54) is 28.2 Å². The highest BCUT2D eigenvalue weighted by molar-refractivity contribution is 6.22. The first-order chi connectivity index (χ1) is 18.3. The van der Waals surface area contributed by atoms with Gasteiger partial charge < -0.3 is 15.4 Å². The molecule has 12 heteroatoms. The molecular weight excluding hydrogens is 494 g/mol. The van der Waals surface area contributed by atoms with Crippen LogP contribution in [0.4, 0.5) is 10.5 Å². The third-order valence-corrected chi connectivity index (χ3v) is 6.02. The zero-order valence-corrected chi connectivity index (χ0v) is 20.8. The van der Waals surface area contributed by atoms with Gasteiger partial charge in [-0.1, -0.05) is 18.2 Å².